The Kier molecular flexibility index (Phi) is 7.59. The van der Waals surface area contributed by atoms with Crippen molar-refractivity contribution < 1.29 is 9.59 Å². The van der Waals surface area contributed by atoms with Crippen molar-refractivity contribution in [3.05, 3.63) is 0 Å². The number of piperidine rings is 1. The van der Waals surface area contributed by atoms with Crippen molar-refractivity contribution in [3.8, 4) is 0 Å². The molecule has 1 aliphatic heterocycles. The maximum Gasteiger partial charge on any atom is 0.224 e. The van der Waals surface area contributed by atoms with Crippen molar-refractivity contribution in [1.29, 1.82) is 0 Å². The second-order valence-corrected chi connectivity index (χ2v) is 6.04. The van der Waals surface area contributed by atoms with Crippen LogP contribution in [0.4, 0.5) is 0 Å². The Morgan fingerprint density at radius 1 is 1.20 bits per heavy atom. The fourth-order valence-electron chi connectivity index (χ4n) is 2.62. The molecule has 5 nitrogen and oxygen atoms in total. The highest BCUT2D eigenvalue weighted by Gasteiger charge is 2.19. The summed E-state index contributed by atoms with van der Waals surface area (Å²) in [5, 5.41) is 2.84. The molecule has 20 heavy (non-hydrogen) atoms. The Balaban J connectivity index is 2.24. The minimum Gasteiger partial charge on any atom is -0.355 e. The van der Waals surface area contributed by atoms with Crippen LogP contribution in [-0.4, -0.2) is 42.9 Å². The first-order valence-electron chi connectivity index (χ1n) is 7.80. The molecule has 0 aliphatic carbocycles. The number of nitrogens with one attached hydrogen (secondary N) is 1. The van der Waals surface area contributed by atoms with Crippen LogP contribution >= 0.6 is 0 Å². The van der Waals surface area contributed by atoms with Crippen LogP contribution in [-0.2, 0) is 9.59 Å². The molecule has 1 heterocycles. The number of hydrogen-bond acceptors (Lipinski definition) is 3. The first-order valence-corrected chi connectivity index (χ1v) is 7.80. The van der Waals surface area contributed by atoms with E-state index >= 15 is 0 Å². The molecule has 0 aromatic rings. The maximum atomic E-state index is 12.0. The van der Waals surface area contributed by atoms with E-state index in [1.54, 1.807) is 0 Å². The summed E-state index contributed by atoms with van der Waals surface area (Å²) in [4.78, 5) is 25.8. The molecule has 0 bridgehead atoms. The summed E-state index contributed by atoms with van der Waals surface area (Å²) in [6.07, 6.45) is 4.60. The predicted octanol–water partition coefficient (Wildman–Crippen LogP) is 1.13. The molecule has 0 aromatic carbocycles. The molecular weight excluding hydrogens is 254 g/mol. The average Bonchev–Trinajstić information content (AvgIpc) is 2.45. The van der Waals surface area contributed by atoms with Gasteiger partial charge in [-0.3, -0.25) is 9.59 Å². The number of nitrogens with two attached hydrogens (primary N) is 1. The highest BCUT2D eigenvalue weighted by atomic mass is 16.2. The number of carbonyl (C=O) groups is 2. The van der Waals surface area contributed by atoms with Crippen LogP contribution in [0.3, 0.4) is 0 Å². The van der Waals surface area contributed by atoms with Crippen molar-refractivity contribution in [3.63, 3.8) is 0 Å². The molecular formula is C15H29N3O2. The lowest BCUT2D eigenvalue weighted by atomic mass is 9.96. The first kappa shape index (κ1) is 17.0. The fourth-order valence-corrected chi connectivity index (χ4v) is 2.62. The number of rotatable bonds is 7. The quantitative estimate of drug-likeness (QED) is 0.735. The predicted molar refractivity (Wildman–Crippen MR) is 80.1 cm³/mol. The number of likely N-dealkylation sites (tertiary alicyclic amines) is 1. The number of nitrogens with zero attached hydrogens (tertiary/aromatic N) is 1. The zero-order valence-electron chi connectivity index (χ0n) is 12.9. The second-order valence-electron chi connectivity index (χ2n) is 6.04. The van der Waals surface area contributed by atoms with Gasteiger partial charge in [0, 0.05) is 32.6 Å². The van der Waals surface area contributed by atoms with E-state index in [2.05, 4.69) is 19.2 Å². The number of carbonyl (C=O) groups excluding carboxylic acids is 2. The first-order chi connectivity index (χ1) is 9.54. The van der Waals surface area contributed by atoms with Gasteiger partial charge in [0.1, 0.15) is 0 Å². The van der Waals surface area contributed by atoms with Gasteiger partial charge in [-0.15, -0.1) is 0 Å². The van der Waals surface area contributed by atoms with Crippen LogP contribution in [0.1, 0.15) is 46.0 Å². The zero-order chi connectivity index (χ0) is 15.0. The van der Waals surface area contributed by atoms with Gasteiger partial charge in [-0.25, -0.2) is 0 Å². The smallest absolute Gasteiger partial charge is 0.224 e. The summed E-state index contributed by atoms with van der Waals surface area (Å²) in [6, 6.07) is 0. The van der Waals surface area contributed by atoms with Gasteiger partial charge in [0.05, 0.1) is 5.92 Å². The highest BCUT2D eigenvalue weighted by molar-refractivity contribution is 5.80. The average molecular weight is 283 g/mol. The van der Waals surface area contributed by atoms with Crippen molar-refractivity contribution in [2.45, 2.75) is 46.0 Å². The Hall–Kier alpha value is -1.10. The summed E-state index contributed by atoms with van der Waals surface area (Å²) < 4.78 is 0. The SMILES string of the molecule is CC(C)CC(CN)C(=O)NCCC(=O)N1CCCCC1. The van der Waals surface area contributed by atoms with Crippen molar-refractivity contribution in [2.75, 3.05) is 26.2 Å². The van der Waals surface area contributed by atoms with Gasteiger partial charge in [0.25, 0.3) is 0 Å². The van der Waals surface area contributed by atoms with Crippen molar-refractivity contribution in [1.82, 2.24) is 10.2 Å². The van der Waals surface area contributed by atoms with Gasteiger partial charge in [0.2, 0.25) is 11.8 Å². The van der Waals surface area contributed by atoms with Gasteiger partial charge in [-0.2, -0.15) is 0 Å². The second kappa shape index (κ2) is 8.95. The van der Waals surface area contributed by atoms with Gasteiger partial charge >= 0.3 is 0 Å². The Morgan fingerprint density at radius 3 is 2.40 bits per heavy atom. The highest BCUT2D eigenvalue weighted by Crippen LogP contribution is 2.11. The summed E-state index contributed by atoms with van der Waals surface area (Å²) >= 11 is 0. The molecule has 1 unspecified atom stereocenters. The molecule has 1 rings (SSSR count). The molecule has 116 valence electrons. The minimum atomic E-state index is -0.139. The lowest BCUT2D eigenvalue weighted by molar-refractivity contribution is -0.132. The molecule has 5 heteroatoms. The molecule has 0 radical (unpaired) electrons. The van der Waals surface area contributed by atoms with Crippen LogP contribution in [0.15, 0.2) is 0 Å². The van der Waals surface area contributed by atoms with Crippen LogP contribution in [0.25, 0.3) is 0 Å². The van der Waals surface area contributed by atoms with E-state index in [1.165, 1.54) is 6.42 Å². The molecule has 0 spiro atoms. The van der Waals surface area contributed by atoms with Crippen molar-refractivity contribution >= 4 is 11.8 Å². The standard InChI is InChI=1S/C15H29N3O2/c1-12(2)10-13(11-16)15(20)17-7-6-14(19)18-8-4-3-5-9-18/h12-13H,3-11,16H2,1-2H3,(H,17,20). The van der Waals surface area contributed by atoms with Gasteiger partial charge in [-0.1, -0.05) is 13.8 Å². The van der Waals surface area contributed by atoms with Crippen LogP contribution in [0, 0.1) is 11.8 Å². The van der Waals surface area contributed by atoms with E-state index in [-0.39, 0.29) is 17.7 Å². The van der Waals surface area contributed by atoms with E-state index in [0.717, 1.165) is 32.4 Å². The monoisotopic (exact) mass is 283 g/mol. The van der Waals surface area contributed by atoms with E-state index in [0.29, 0.717) is 25.4 Å². The summed E-state index contributed by atoms with van der Waals surface area (Å²) in [7, 11) is 0. The molecule has 1 saturated heterocycles. The molecule has 1 fully saturated rings. The van der Waals surface area contributed by atoms with Crippen LogP contribution in [0.2, 0.25) is 0 Å². The lowest BCUT2D eigenvalue weighted by Gasteiger charge is -2.26. The van der Waals surface area contributed by atoms with Gasteiger partial charge in [0.15, 0.2) is 0 Å². The molecule has 3 N–H and O–H groups in total. The Bertz CT molecular complexity index is 312. The lowest BCUT2D eigenvalue weighted by Crippen LogP contribution is -2.40. The van der Waals surface area contributed by atoms with Crippen LogP contribution < -0.4 is 11.1 Å². The topological polar surface area (TPSA) is 75.4 Å². The molecule has 2 amide bonds. The van der Waals surface area contributed by atoms with Crippen molar-refractivity contribution in [2.24, 2.45) is 17.6 Å². The third-order valence-electron chi connectivity index (χ3n) is 3.76. The minimum absolute atomic E-state index is 0.0207. The van der Waals surface area contributed by atoms with E-state index in [9.17, 15) is 9.59 Å². The largest absolute Gasteiger partial charge is 0.355 e. The number of hydrogen-bond donors (Lipinski definition) is 2. The third-order valence-corrected chi connectivity index (χ3v) is 3.76. The Labute approximate surface area is 122 Å². The normalized spacial score (nSPS) is 17.1. The fraction of sp³-hybridized carbons (Fsp3) is 0.867. The summed E-state index contributed by atoms with van der Waals surface area (Å²) in [6.45, 7) is 6.68. The summed E-state index contributed by atoms with van der Waals surface area (Å²) in [5.41, 5.74) is 5.63. The maximum absolute atomic E-state index is 12.0. The van der Waals surface area contributed by atoms with Gasteiger partial charge < -0.3 is 16.0 Å². The molecule has 1 atom stereocenters. The Morgan fingerprint density at radius 2 is 1.85 bits per heavy atom. The number of amides is 2. The van der Waals surface area contributed by atoms with E-state index < -0.39 is 0 Å². The molecule has 1 aliphatic rings. The van der Waals surface area contributed by atoms with E-state index in [4.69, 9.17) is 5.73 Å². The summed E-state index contributed by atoms with van der Waals surface area (Å²) in [5.74, 6) is 0.440. The van der Waals surface area contributed by atoms with Gasteiger partial charge in [-0.05, 0) is 31.6 Å². The molecule has 0 saturated carbocycles. The zero-order valence-corrected chi connectivity index (χ0v) is 12.9. The third kappa shape index (κ3) is 5.90. The molecule has 0 aromatic heterocycles. The van der Waals surface area contributed by atoms with Crippen LogP contribution in [0.5, 0.6) is 0 Å². The van der Waals surface area contributed by atoms with E-state index in [1.807, 2.05) is 4.90 Å².